The molecule has 0 heterocycles. The third kappa shape index (κ3) is 2.27. The highest BCUT2D eigenvalue weighted by Crippen LogP contribution is 2.39. The molecule has 0 fully saturated rings. The van der Waals surface area contributed by atoms with Gasteiger partial charge in [-0.15, -0.1) is 11.8 Å². The molecule has 14 heavy (non-hydrogen) atoms. The third-order valence-electron chi connectivity index (χ3n) is 1.64. The van der Waals surface area contributed by atoms with E-state index in [1.165, 1.54) is 17.8 Å². The Hall–Kier alpha value is -0.550. The molecule has 78 valence electrons. The van der Waals surface area contributed by atoms with Crippen molar-refractivity contribution in [2.75, 3.05) is 12.0 Å². The number of halogens is 4. The lowest BCUT2D eigenvalue weighted by Gasteiger charge is -2.12. The van der Waals surface area contributed by atoms with Crippen molar-refractivity contribution in [2.45, 2.75) is 11.1 Å². The molecule has 0 bridgehead atoms. The molecule has 0 spiro atoms. The minimum atomic E-state index is -4.46. The van der Waals surface area contributed by atoms with Crippen LogP contribution in [0.5, 0.6) is 0 Å². The predicted molar refractivity (Wildman–Crippen MR) is 52.6 cm³/mol. The fourth-order valence-electron chi connectivity index (χ4n) is 0.945. The van der Waals surface area contributed by atoms with Gasteiger partial charge in [-0.2, -0.15) is 13.2 Å². The number of benzene rings is 1. The van der Waals surface area contributed by atoms with E-state index in [4.69, 9.17) is 17.3 Å². The monoisotopic (exact) mass is 241 g/mol. The number of nitrogens with two attached hydrogens (primary N) is 1. The predicted octanol–water partition coefficient (Wildman–Crippen LogP) is 3.66. The van der Waals surface area contributed by atoms with Crippen molar-refractivity contribution in [2.24, 2.45) is 0 Å². The van der Waals surface area contributed by atoms with Crippen LogP contribution >= 0.6 is 23.4 Å². The number of anilines is 1. The van der Waals surface area contributed by atoms with Gasteiger partial charge in [0.25, 0.3) is 0 Å². The second-order valence-corrected chi connectivity index (χ2v) is 3.86. The fourth-order valence-corrected chi connectivity index (χ4v) is 1.70. The Morgan fingerprint density at radius 1 is 1.36 bits per heavy atom. The van der Waals surface area contributed by atoms with Crippen molar-refractivity contribution in [1.82, 2.24) is 0 Å². The van der Waals surface area contributed by atoms with Crippen LogP contribution in [0.2, 0.25) is 5.02 Å². The number of thioether (sulfide) groups is 1. The first-order valence-electron chi connectivity index (χ1n) is 3.56. The Balaban J connectivity index is 3.35. The standard InChI is InChI=1S/C8H7ClF3NS/c1-14-4-2-5(8(10,11)12)7(13)6(9)3-4/h2-3H,13H2,1H3. The summed E-state index contributed by atoms with van der Waals surface area (Å²) in [4.78, 5) is 0.441. The average Bonchev–Trinajstić information content (AvgIpc) is 2.07. The highest BCUT2D eigenvalue weighted by atomic mass is 35.5. The van der Waals surface area contributed by atoms with Gasteiger partial charge in [-0.3, -0.25) is 0 Å². The lowest BCUT2D eigenvalue weighted by molar-refractivity contribution is -0.137. The number of rotatable bonds is 1. The van der Waals surface area contributed by atoms with Crippen LogP contribution in [0.4, 0.5) is 18.9 Å². The zero-order valence-corrected chi connectivity index (χ0v) is 8.72. The van der Waals surface area contributed by atoms with Crippen LogP contribution in [0, 0.1) is 0 Å². The van der Waals surface area contributed by atoms with Gasteiger partial charge in [0.05, 0.1) is 16.3 Å². The van der Waals surface area contributed by atoms with Crippen molar-refractivity contribution >= 4 is 29.1 Å². The smallest absolute Gasteiger partial charge is 0.397 e. The van der Waals surface area contributed by atoms with Crippen LogP contribution in [-0.4, -0.2) is 6.26 Å². The maximum Gasteiger partial charge on any atom is 0.418 e. The Morgan fingerprint density at radius 2 is 1.93 bits per heavy atom. The topological polar surface area (TPSA) is 26.0 Å². The second kappa shape index (κ2) is 3.90. The van der Waals surface area contributed by atoms with E-state index >= 15 is 0 Å². The summed E-state index contributed by atoms with van der Waals surface area (Å²) in [6, 6.07) is 2.41. The van der Waals surface area contributed by atoms with Gasteiger partial charge in [0.1, 0.15) is 0 Å². The minimum Gasteiger partial charge on any atom is -0.397 e. The van der Waals surface area contributed by atoms with Crippen molar-refractivity contribution in [3.63, 3.8) is 0 Å². The summed E-state index contributed by atoms with van der Waals surface area (Å²) in [5, 5.41) is -0.0656. The highest BCUT2D eigenvalue weighted by molar-refractivity contribution is 7.98. The maximum atomic E-state index is 12.4. The minimum absolute atomic E-state index is 0.0656. The molecule has 1 nitrogen and oxygen atoms in total. The van der Waals surface area contributed by atoms with Crippen LogP contribution in [0.3, 0.4) is 0 Å². The summed E-state index contributed by atoms with van der Waals surface area (Å²) in [7, 11) is 0. The molecule has 2 N–H and O–H groups in total. The number of nitrogen functional groups attached to an aromatic ring is 1. The summed E-state index contributed by atoms with van der Waals surface area (Å²) >= 11 is 6.75. The zero-order chi connectivity index (χ0) is 10.9. The van der Waals surface area contributed by atoms with E-state index in [0.29, 0.717) is 4.90 Å². The average molecular weight is 242 g/mol. The van der Waals surface area contributed by atoms with Gasteiger partial charge in [0, 0.05) is 4.90 Å². The summed E-state index contributed by atoms with van der Waals surface area (Å²) in [5.74, 6) is 0. The molecule has 1 rings (SSSR count). The van der Waals surface area contributed by atoms with E-state index in [9.17, 15) is 13.2 Å². The number of hydrogen-bond donors (Lipinski definition) is 1. The zero-order valence-electron chi connectivity index (χ0n) is 7.15. The van der Waals surface area contributed by atoms with Crippen molar-refractivity contribution in [3.05, 3.63) is 22.7 Å². The molecule has 0 aliphatic heterocycles. The van der Waals surface area contributed by atoms with E-state index in [1.807, 2.05) is 0 Å². The van der Waals surface area contributed by atoms with E-state index in [0.717, 1.165) is 6.07 Å². The largest absolute Gasteiger partial charge is 0.418 e. The SMILES string of the molecule is CSc1cc(Cl)c(N)c(C(F)(F)F)c1. The van der Waals surface area contributed by atoms with Gasteiger partial charge in [-0.1, -0.05) is 11.6 Å². The summed E-state index contributed by atoms with van der Waals surface area (Å²) in [6.45, 7) is 0. The van der Waals surface area contributed by atoms with Gasteiger partial charge >= 0.3 is 6.18 Å². The Morgan fingerprint density at radius 3 is 2.36 bits per heavy atom. The molecule has 1 aromatic rings. The molecular formula is C8H7ClF3NS. The van der Waals surface area contributed by atoms with E-state index in [-0.39, 0.29) is 5.02 Å². The molecule has 0 saturated heterocycles. The van der Waals surface area contributed by atoms with Crippen molar-refractivity contribution in [3.8, 4) is 0 Å². The first-order valence-corrected chi connectivity index (χ1v) is 5.16. The Labute approximate surface area is 88.4 Å². The van der Waals surface area contributed by atoms with Crippen LogP contribution in [0.15, 0.2) is 17.0 Å². The molecule has 0 atom stereocenters. The van der Waals surface area contributed by atoms with Crippen LogP contribution < -0.4 is 5.73 Å². The lowest BCUT2D eigenvalue weighted by Crippen LogP contribution is -2.09. The molecule has 0 radical (unpaired) electrons. The highest BCUT2D eigenvalue weighted by Gasteiger charge is 2.34. The quantitative estimate of drug-likeness (QED) is 0.600. The summed E-state index contributed by atoms with van der Waals surface area (Å²) < 4.78 is 37.2. The second-order valence-electron chi connectivity index (χ2n) is 2.57. The maximum absolute atomic E-state index is 12.4. The molecule has 0 unspecified atom stereocenters. The molecule has 0 aliphatic rings. The van der Waals surface area contributed by atoms with Gasteiger partial charge in [0.2, 0.25) is 0 Å². The molecule has 1 aromatic carbocycles. The molecule has 0 saturated carbocycles. The van der Waals surface area contributed by atoms with Crippen LogP contribution in [0.1, 0.15) is 5.56 Å². The van der Waals surface area contributed by atoms with Crippen molar-refractivity contribution in [1.29, 1.82) is 0 Å². The third-order valence-corrected chi connectivity index (χ3v) is 2.66. The van der Waals surface area contributed by atoms with Gasteiger partial charge in [-0.05, 0) is 18.4 Å². The summed E-state index contributed by atoms with van der Waals surface area (Å²) in [5.41, 5.74) is 3.93. The van der Waals surface area contributed by atoms with E-state index in [2.05, 4.69) is 0 Å². The normalized spacial score (nSPS) is 11.8. The number of hydrogen-bond acceptors (Lipinski definition) is 2. The van der Waals surface area contributed by atoms with Gasteiger partial charge in [-0.25, -0.2) is 0 Å². The number of alkyl halides is 3. The van der Waals surface area contributed by atoms with Gasteiger partial charge in [0.15, 0.2) is 0 Å². The van der Waals surface area contributed by atoms with Crippen LogP contribution in [0.25, 0.3) is 0 Å². The first kappa shape index (κ1) is 11.5. The lowest BCUT2D eigenvalue weighted by atomic mass is 10.2. The molecular weight excluding hydrogens is 235 g/mol. The molecule has 6 heteroatoms. The Bertz CT molecular complexity index is 351. The molecule has 0 aliphatic carbocycles. The Kier molecular flexibility index (Phi) is 3.21. The van der Waals surface area contributed by atoms with E-state index in [1.54, 1.807) is 6.26 Å². The first-order chi connectivity index (χ1) is 6.36. The molecule has 0 aromatic heterocycles. The van der Waals surface area contributed by atoms with E-state index < -0.39 is 17.4 Å². The fraction of sp³-hybridized carbons (Fsp3) is 0.250. The van der Waals surface area contributed by atoms with Crippen LogP contribution in [-0.2, 0) is 6.18 Å². The molecule has 0 amide bonds. The van der Waals surface area contributed by atoms with Crippen molar-refractivity contribution < 1.29 is 13.2 Å². The van der Waals surface area contributed by atoms with Gasteiger partial charge < -0.3 is 5.73 Å². The summed E-state index contributed by atoms with van der Waals surface area (Å²) in [6.07, 6.45) is -2.79.